The highest BCUT2D eigenvalue weighted by molar-refractivity contribution is 7.80. The molecule has 0 spiro atoms. The summed E-state index contributed by atoms with van der Waals surface area (Å²) in [5.74, 6) is -0.429. The molecule has 3 nitrogen and oxygen atoms in total. The number of halogens is 1. The zero-order chi connectivity index (χ0) is 13.6. The van der Waals surface area contributed by atoms with Crippen molar-refractivity contribution < 1.29 is 14.2 Å². The maximum atomic E-state index is 12.3. The van der Waals surface area contributed by atoms with E-state index in [0.717, 1.165) is 0 Å². The van der Waals surface area contributed by atoms with Gasteiger partial charge < -0.3 is 0 Å². The van der Waals surface area contributed by atoms with E-state index in [1.165, 1.54) is 18.2 Å². The van der Waals surface area contributed by atoms with Crippen LogP contribution in [0.2, 0.25) is 0 Å². The minimum Gasteiger partial charge on any atom is -0.289 e. The third-order valence-electron chi connectivity index (χ3n) is 3.11. The van der Waals surface area contributed by atoms with Gasteiger partial charge in [0.05, 0.1) is 0 Å². The Morgan fingerprint density at radius 3 is 1.89 bits per heavy atom. The lowest BCUT2D eigenvalue weighted by Crippen LogP contribution is -2.22. The van der Waals surface area contributed by atoms with E-state index in [9.17, 15) is 14.2 Å². The molecule has 0 aromatic heterocycles. The fourth-order valence-electron chi connectivity index (χ4n) is 2.20. The van der Waals surface area contributed by atoms with Gasteiger partial charge in [0.1, 0.15) is 0 Å². The lowest BCUT2D eigenvalue weighted by atomic mass is 9.84. The maximum Gasteiger partial charge on any atom is 0.494 e. The summed E-state index contributed by atoms with van der Waals surface area (Å²) < 4.78 is 11.3. The molecule has 1 atom stereocenters. The summed E-state index contributed by atoms with van der Waals surface area (Å²) in [6.45, 7) is 0. The van der Waals surface area contributed by atoms with Crippen LogP contribution in [0.4, 0.5) is 0 Å². The molecule has 92 valence electrons. The average Bonchev–Trinajstić information content (AvgIpc) is 2.44. The summed E-state index contributed by atoms with van der Waals surface area (Å²) in [5, 5.41) is 0.357. The van der Waals surface area contributed by atoms with E-state index in [4.69, 9.17) is 11.2 Å². The third-order valence-corrected chi connectivity index (χ3v) is 4.38. The predicted molar refractivity (Wildman–Crippen MR) is 72.8 cm³/mol. The smallest absolute Gasteiger partial charge is 0.289 e. The Morgan fingerprint density at radius 1 is 0.789 bits per heavy atom. The molecule has 2 aromatic carbocycles. The fourth-order valence-corrected chi connectivity index (χ4v) is 2.93. The largest absolute Gasteiger partial charge is 0.494 e. The van der Waals surface area contributed by atoms with Gasteiger partial charge in [-0.05, 0) is 16.7 Å². The van der Waals surface area contributed by atoms with E-state index in [1.54, 1.807) is 24.3 Å². The molecule has 19 heavy (non-hydrogen) atoms. The van der Waals surface area contributed by atoms with E-state index < -0.39 is 7.15 Å². The second-order valence-electron chi connectivity index (χ2n) is 4.18. The second-order valence-corrected chi connectivity index (χ2v) is 6.11. The van der Waals surface area contributed by atoms with Gasteiger partial charge in [-0.2, -0.15) is 0 Å². The molecule has 3 rings (SSSR count). The van der Waals surface area contributed by atoms with Crippen molar-refractivity contribution in [2.45, 2.75) is 0 Å². The molecule has 0 heterocycles. The average molecular weight is 290 g/mol. The maximum absolute atomic E-state index is 12.3. The van der Waals surface area contributed by atoms with Gasteiger partial charge in [0.2, 0.25) is 16.5 Å². The zero-order valence-electron chi connectivity index (χ0n) is 9.59. The number of hydrogen-bond acceptors (Lipinski definition) is 3. The van der Waals surface area contributed by atoms with Crippen molar-refractivity contribution in [1.29, 1.82) is 0 Å². The van der Waals surface area contributed by atoms with Crippen molar-refractivity contribution in [2.24, 2.45) is 0 Å². The van der Waals surface area contributed by atoms with Crippen molar-refractivity contribution in [1.82, 2.24) is 0 Å². The van der Waals surface area contributed by atoms with Crippen LogP contribution in [0.15, 0.2) is 42.5 Å². The first-order chi connectivity index (χ1) is 9.09. The van der Waals surface area contributed by atoms with Gasteiger partial charge in [0.25, 0.3) is 0 Å². The van der Waals surface area contributed by atoms with Crippen LogP contribution in [0, 0.1) is 0 Å². The molecule has 0 radical (unpaired) electrons. The Morgan fingerprint density at radius 2 is 1.32 bits per heavy atom. The van der Waals surface area contributed by atoms with Crippen LogP contribution in [0.3, 0.4) is 0 Å². The first-order valence-electron chi connectivity index (χ1n) is 5.55. The van der Waals surface area contributed by atoms with E-state index in [-0.39, 0.29) is 17.1 Å². The van der Waals surface area contributed by atoms with Gasteiger partial charge in [-0.15, -0.1) is 0 Å². The monoisotopic (exact) mass is 289 g/mol. The molecule has 1 aliphatic carbocycles. The first kappa shape index (κ1) is 12.2. The predicted octanol–water partition coefficient (Wildman–Crippen LogP) is 3.07. The number of fused-ring (bicyclic) bond motifs is 2. The van der Waals surface area contributed by atoms with Gasteiger partial charge >= 0.3 is 7.15 Å². The molecule has 5 heteroatoms. The highest BCUT2D eigenvalue weighted by Gasteiger charge is 2.31. The van der Waals surface area contributed by atoms with Gasteiger partial charge in [0.15, 0.2) is 11.6 Å². The van der Waals surface area contributed by atoms with Gasteiger partial charge in [-0.1, -0.05) is 24.3 Å². The van der Waals surface area contributed by atoms with Crippen LogP contribution in [0.5, 0.6) is 0 Å². The Labute approximate surface area is 114 Å². The SMILES string of the molecule is O=C1c2ccccc2C(=O)c2cc([P+](=O)Cl)ccc21. The molecule has 0 aliphatic heterocycles. The van der Waals surface area contributed by atoms with Crippen LogP contribution < -0.4 is 5.30 Å². The van der Waals surface area contributed by atoms with Crippen molar-refractivity contribution in [2.75, 3.05) is 0 Å². The van der Waals surface area contributed by atoms with E-state index in [0.29, 0.717) is 22.0 Å². The lowest BCUT2D eigenvalue weighted by Gasteiger charge is -2.16. The summed E-state index contributed by atoms with van der Waals surface area (Å²) >= 11 is 5.54. The first-order valence-corrected chi connectivity index (χ1v) is 7.71. The van der Waals surface area contributed by atoms with Crippen LogP contribution >= 0.6 is 18.4 Å². The van der Waals surface area contributed by atoms with Crippen LogP contribution in [-0.4, -0.2) is 11.6 Å². The topological polar surface area (TPSA) is 51.2 Å². The molecular weight excluding hydrogens is 283 g/mol. The van der Waals surface area contributed by atoms with Crippen molar-refractivity contribution in [3.8, 4) is 0 Å². The Bertz CT molecular complexity index is 752. The highest BCUT2D eigenvalue weighted by atomic mass is 35.7. The van der Waals surface area contributed by atoms with Gasteiger partial charge in [0, 0.05) is 28.3 Å². The quantitative estimate of drug-likeness (QED) is 0.647. The van der Waals surface area contributed by atoms with E-state index in [2.05, 4.69) is 0 Å². The summed E-state index contributed by atoms with van der Waals surface area (Å²) in [6, 6.07) is 11.2. The molecule has 1 unspecified atom stereocenters. The number of benzene rings is 2. The molecule has 0 N–H and O–H groups in total. The minimum absolute atomic E-state index is 0.193. The number of rotatable bonds is 1. The Kier molecular flexibility index (Phi) is 2.81. The third kappa shape index (κ3) is 1.83. The van der Waals surface area contributed by atoms with Crippen LogP contribution in [-0.2, 0) is 4.57 Å². The van der Waals surface area contributed by atoms with Crippen molar-refractivity contribution in [3.05, 3.63) is 64.7 Å². The highest BCUT2D eigenvalue weighted by Crippen LogP contribution is 2.30. The number of ketones is 2. The van der Waals surface area contributed by atoms with Crippen molar-refractivity contribution >= 4 is 35.3 Å². The standard InChI is InChI=1S/C14H7ClO3P/c15-19(18)8-5-6-11-12(7-8)14(17)10-4-2-1-3-9(10)13(11)16/h1-7H/q+1. The Balaban J connectivity index is 2.27. The normalized spacial score (nSPS) is 13.8. The molecule has 0 saturated carbocycles. The Hall–Kier alpha value is -1.83. The van der Waals surface area contributed by atoms with Crippen LogP contribution in [0.25, 0.3) is 0 Å². The second kappa shape index (κ2) is 4.37. The summed E-state index contributed by atoms with van der Waals surface area (Å²) in [7, 11) is -2.05. The van der Waals surface area contributed by atoms with Crippen molar-refractivity contribution in [3.63, 3.8) is 0 Å². The molecule has 0 saturated heterocycles. The molecule has 2 aromatic rings. The summed E-state index contributed by atoms with van der Waals surface area (Å²) in [5.41, 5.74) is 1.39. The fraction of sp³-hybridized carbons (Fsp3) is 0. The molecule has 0 bridgehead atoms. The number of carbonyl (C=O) groups excluding carboxylic acids is 2. The van der Waals surface area contributed by atoms with Gasteiger partial charge in [-0.25, -0.2) is 0 Å². The van der Waals surface area contributed by atoms with E-state index in [1.807, 2.05) is 0 Å². The molecule has 0 fully saturated rings. The lowest BCUT2D eigenvalue weighted by molar-refractivity contribution is 0.0979. The summed E-state index contributed by atoms with van der Waals surface area (Å²) in [6.07, 6.45) is 0. The molecule has 0 amide bonds. The van der Waals surface area contributed by atoms with E-state index >= 15 is 0 Å². The number of hydrogen-bond donors (Lipinski definition) is 0. The van der Waals surface area contributed by atoms with Crippen LogP contribution in [0.1, 0.15) is 31.8 Å². The minimum atomic E-state index is -2.05. The zero-order valence-corrected chi connectivity index (χ0v) is 11.2. The molecule has 1 aliphatic rings. The van der Waals surface area contributed by atoms with Gasteiger partial charge in [-0.3, -0.25) is 9.59 Å². The molecular formula is C14H7ClO3P+. The number of carbonyl (C=O) groups is 2. The summed E-state index contributed by atoms with van der Waals surface area (Å²) in [4.78, 5) is 24.6.